The van der Waals surface area contributed by atoms with Crippen molar-refractivity contribution in [2.75, 3.05) is 36.9 Å². The fourth-order valence-corrected chi connectivity index (χ4v) is 3.22. The number of piperazine rings is 1. The van der Waals surface area contributed by atoms with Crippen molar-refractivity contribution in [2.24, 2.45) is 0 Å². The van der Waals surface area contributed by atoms with Crippen LogP contribution in [0.1, 0.15) is 13.3 Å². The first-order valence-electron chi connectivity index (χ1n) is 5.93. The van der Waals surface area contributed by atoms with Crippen LogP contribution in [0.2, 0.25) is 0 Å². The number of fused-ring (bicyclic) bond motifs is 1. The van der Waals surface area contributed by atoms with Crippen molar-refractivity contribution in [2.45, 2.75) is 18.9 Å². The molecule has 7 nitrogen and oxygen atoms in total. The molecular formula is C10H15N5O2S. The van der Waals surface area contributed by atoms with E-state index in [0.717, 1.165) is 24.6 Å². The molecule has 1 aromatic rings. The molecule has 0 spiro atoms. The normalized spacial score (nSPS) is 27.3. The molecule has 1 amide bonds. The number of aromatic nitrogens is 2. The van der Waals surface area contributed by atoms with E-state index < -0.39 is 0 Å². The van der Waals surface area contributed by atoms with Crippen molar-refractivity contribution >= 4 is 27.7 Å². The molecule has 2 aliphatic rings. The lowest BCUT2D eigenvalue weighted by Gasteiger charge is -2.43. The van der Waals surface area contributed by atoms with Gasteiger partial charge in [0.15, 0.2) is 0 Å². The monoisotopic (exact) mass is 269 g/mol. The quantitative estimate of drug-likeness (QED) is 0.843. The van der Waals surface area contributed by atoms with E-state index in [2.05, 4.69) is 22.0 Å². The van der Waals surface area contributed by atoms with E-state index in [-0.39, 0.29) is 11.6 Å². The molecule has 1 aromatic heterocycles. The van der Waals surface area contributed by atoms with Crippen LogP contribution in [0.5, 0.6) is 0 Å². The Hall–Kier alpha value is -1.57. The van der Waals surface area contributed by atoms with Gasteiger partial charge in [0, 0.05) is 19.6 Å². The summed E-state index contributed by atoms with van der Waals surface area (Å²) in [6.45, 7) is 4.65. The second-order valence-corrected chi connectivity index (χ2v) is 5.62. The first-order valence-corrected chi connectivity index (χ1v) is 6.74. The molecule has 3 heterocycles. The molecule has 2 saturated heterocycles. The smallest absolute Gasteiger partial charge is 0.410 e. The van der Waals surface area contributed by atoms with Crippen LogP contribution in [-0.2, 0) is 4.74 Å². The predicted octanol–water partition coefficient (Wildman–Crippen LogP) is 0.541. The number of ether oxygens (including phenoxy) is 1. The SMILES string of the molecule is CCC12COC(=O)N1CCN(c1nnc(N)s1)C2. The van der Waals surface area contributed by atoms with Crippen LogP contribution in [0, 0.1) is 0 Å². The zero-order valence-corrected chi connectivity index (χ0v) is 10.9. The summed E-state index contributed by atoms with van der Waals surface area (Å²) in [5.74, 6) is 0. The standard InChI is InChI=1S/C10H15N5O2S/c1-2-10-5-14(8-13-12-7(11)18-8)3-4-15(10)9(16)17-6-10/h2-6H2,1H3,(H2,11,12). The molecule has 2 N–H and O–H groups in total. The third kappa shape index (κ3) is 1.59. The van der Waals surface area contributed by atoms with Gasteiger partial charge in [-0.05, 0) is 6.42 Å². The number of hydrogen-bond donors (Lipinski definition) is 1. The van der Waals surface area contributed by atoms with E-state index >= 15 is 0 Å². The largest absolute Gasteiger partial charge is 0.447 e. The van der Waals surface area contributed by atoms with Gasteiger partial charge in [0.05, 0.1) is 5.54 Å². The van der Waals surface area contributed by atoms with Gasteiger partial charge in [-0.2, -0.15) is 0 Å². The lowest BCUT2D eigenvalue weighted by molar-refractivity contribution is 0.137. The Morgan fingerprint density at radius 2 is 2.33 bits per heavy atom. The minimum absolute atomic E-state index is 0.201. The minimum atomic E-state index is -0.226. The maximum atomic E-state index is 11.7. The van der Waals surface area contributed by atoms with Crippen molar-refractivity contribution in [1.82, 2.24) is 15.1 Å². The van der Waals surface area contributed by atoms with E-state index in [1.54, 1.807) is 0 Å². The van der Waals surface area contributed by atoms with Crippen molar-refractivity contribution in [3.8, 4) is 0 Å². The van der Waals surface area contributed by atoms with Crippen LogP contribution in [0.15, 0.2) is 0 Å². The zero-order chi connectivity index (χ0) is 12.8. The van der Waals surface area contributed by atoms with Crippen LogP contribution in [0.25, 0.3) is 0 Å². The van der Waals surface area contributed by atoms with E-state index in [9.17, 15) is 4.79 Å². The second kappa shape index (κ2) is 3.98. The number of nitrogens with two attached hydrogens (primary N) is 1. The average Bonchev–Trinajstić information content (AvgIpc) is 2.95. The Morgan fingerprint density at radius 3 is 3.00 bits per heavy atom. The summed E-state index contributed by atoms with van der Waals surface area (Å²) >= 11 is 1.38. The highest BCUT2D eigenvalue weighted by Gasteiger charge is 2.49. The van der Waals surface area contributed by atoms with Gasteiger partial charge in [-0.15, -0.1) is 10.2 Å². The van der Waals surface area contributed by atoms with Crippen LogP contribution < -0.4 is 10.6 Å². The summed E-state index contributed by atoms with van der Waals surface area (Å²) in [5.41, 5.74) is 5.38. The van der Waals surface area contributed by atoms with E-state index in [1.807, 2.05) is 4.90 Å². The highest BCUT2D eigenvalue weighted by molar-refractivity contribution is 7.18. The van der Waals surface area contributed by atoms with Gasteiger partial charge in [0.2, 0.25) is 10.3 Å². The van der Waals surface area contributed by atoms with Gasteiger partial charge >= 0.3 is 6.09 Å². The second-order valence-electron chi connectivity index (χ2n) is 4.63. The molecule has 2 fully saturated rings. The van der Waals surface area contributed by atoms with Gasteiger partial charge in [-0.3, -0.25) is 4.90 Å². The maximum Gasteiger partial charge on any atom is 0.410 e. The van der Waals surface area contributed by atoms with Gasteiger partial charge in [-0.25, -0.2) is 4.79 Å². The minimum Gasteiger partial charge on any atom is -0.447 e. The Balaban J connectivity index is 1.85. The number of nitrogens with zero attached hydrogens (tertiary/aromatic N) is 4. The molecule has 1 unspecified atom stereocenters. The summed E-state index contributed by atoms with van der Waals surface area (Å²) in [6, 6.07) is 0. The Bertz CT molecular complexity index is 479. The highest BCUT2D eigenvalue weighted by atomic mass is 32.1. The summed E-state index contributed by atoms with van der Waals surface area (Å²) < 4.78 is 5.19. The summed E-state index contributed by atoms with van der Waals surface area (Å²) in [5, 5.41) is 9.18. The summed E-state index contributed by atoms with van der Waals surface area (Å²) in [4.78, 5) is 15.6. The Kier molecular flexibility index (Phi) is 2.54. The number of cyclic esters (lactones) is 1. The molecule has 18 heavy (non-hydrogen) atoms. The Labute approximate surface area is 109 Å². The van der Waals surface area contributed by atoms with Gasteiger partial charge in [0.1, 0.15) is 6.61 Å². The first-order chi connectivity index (χ1) is 8.64. The van der Waals surface area contributed by atoms with Gasteiger partial charge < -0.3 is 15.4 Å². The van der Waals surface area contributed by atoms with Crippen LogP contribution in [-0.4, -0.2) is 53.0 Å². The topological polar surface area (TPSA) is 84.6 Å². The average molecular weight is 269 g/mol. The fraction of sp³-hybridized carbons (Fsp3) is 0.700. The number of anilines is 2. The van der Waals surface area contributed by atoms with Crippen molar-refractivity contribution in [1.29, 1.82) is 0 Å². The van der Waals surface area contributed by atoms with Crippen LogP contribution >= 0.6 is 11.3 Å². The fourth-order valence-electron chi connectivity index (χ4n) is 2.58. The molecule has 0 aliphatic carbocycles. The van der Waals surface area contributed by atoms with E-state index in [0.29, 0.717) is 18.3 Å². The number of hydrogen-bond acceptors (Lipinski definition) is 7. The van der Waals surface area contributed by atoms with E-state index in [4.69, 9.17) is 10.5 Å². The first kappa shape index (κ1) is 11.5. The molecule has 2 aliphatic heterocycles. The number of carbonyl (C=O) groups excluding carboxylic acids is 1. The Morgan fingerprint density at radius 1 is 1.50 bits per heavy atom. The highest BCUT2D eigenvalue weighted by Crippen LogP contribution is 2.34. The summed E-state index contributed by atoms with van der Waals surface area (Å²) in [7, 11) is 0. The molecule has 0 bridgehead atoms. The molecule has 1 atom stereocenters. The number of carbonyl (C=O) groups is 1. The van der Waals surface area contributed by atoms with Crippen molar-refractivity contribution in [3.63, 3.8) is 0 Å². The number of nitrogen functional groups attached to an aromatic ring is 1. The van der Waals surface area contributed by atoms with Crippen molar-refractivity contribution < 1.29 is 9.53 Å². The maximum absolute atomic E-state index is 11.7. The zero-order valence-electron chi connectivity index (χ0n) is 10.1. The molecular weight excluding hydrogens is 254 g/mol. The summed E-state index contributed by atoms with van der Waals surface area (Å²) in [6.07, 6.45) is 0.664. The van der Waals surface area contributed by atoms with E-state index in [1.165, 1.54) is 11.3 Å². The van der Waals surface area contributed by atoms with Gasteiger partial charge in [-0.1, -0.05) is 18.3 Å². The van der Waals surface area contributed by atoms with Gasteiger partial charge in [0.25, 0.3) is 0 Å². The van der Waals surface area contributed by atoms with Crippen LogP contribution in [0.3, 0.4) is 0 Å². The molecule has 98 valence electrons. The lowest BCUT2D eigenvalue weighted by Crippen LogP contribution is -2.61. The predicted molar refractivity (Wildman–Crippen MR) is 67.6 cm³/mol. The lowest BCUT2D eigenvalue weighted by atomic mass is 9.93. The molecule has 0 aromatic carbocycles. The van der Waals surface area contributed by atoms with Crippen LogP contribution in [0.4, 0.5) is 15.1 Å². The number of amides is 1. The third-order valence-corrected chi connectivity index (χ3v) is 4.51. The molecule has 8 heteroatoms. The van der Waals surface area contributed by atoms with Crippen molar-refractivity contribution in [3.05, 3.63) is 0 Å². The third-order valence-electron chi connectivity index (χ3n) is 3.69. The molecule has 0 radical (unpaired) electrons. The number of rotatable bonds is 2. The molecule has 0 saturated carbocycles. The molecule has 3 rings (SSSR count).